The van der Waals surface area contributed by atoms with Crippen molar-refractivity contribution in [3.8, 4) is 11.8 Å². The molecule has 164 valence electrons. The van der Waals surface area contributed by atoms with Gasteiger partial charge in [0.05, 0.1) is 10.6 Å². The maximum absolute atomic E-state index is 13.3. The fourth-order valence-electron chi connectivity index (χ4n) is 3.74. The van der Waals surface area contributed by atoms with E-state index in [2.05, 4.69) is 21.8 Å². The van der Waals surface area contributed by atoms with Crippen LogP contribution >= 0.6 is 0 Å². The standard InChI is InChI=1S/C23H27N3O4S/c1-30-17-5-8-21-23(25-16-15-24-21)26(22(27)14-9-18-6-3-4-7-18)19-10-12-20(13-11-19)31(2,28)29/h10-13,15-16,18H,3-4,6-7,9,14,17H2,1-2H3. The van der Waals surface area contributed by atoms with E-state index in [0.717, 1.165) is 25.5 Å². The Labute approximate surface area is 183 Å². The van der Waals surface area contributed by atoms with E-state index in [1.165, 1.54) is 42.3 Å². The Kier molecular flexibility index (Phi) is 7.77. The zero-order valence-corrected chi connectivity index (χ0v) is 18.7. The lowest BCUT2D eigenvalue weighted by atomic mass is 10.0. The molecule has 8 heteroatoms. The lowest BCUT2D eigenvalue weighted by molar-refractivity contribution is -0.118. The van der Waals surface area contributed by atoms with Crippen molar-refractivity contribution in [2.24, 2.45) is 5.92 Å². The molecule has 1 fully saturated rings. The Morgan fingerprint density at radius 3 is 2.48 bits per heavy atom. The first-order valence-electron chi connectivity index (χ1n) is 10.3. The molecule has 1 amide bonds. The van der Waals surface area contributed by atoms with Crippen molar-refractivity contribution in [2.75, 3.05) is 24.9 Å². The second-order valence-corrected chi connectivity index (χ2v) is 9.66. The average Bonchev–Trinajstić information content (AvgIpc) is 3.27. The number of benzene rings is 1. The predicted molar refractivity (Wildman–Crippen MR) is 119 cm³/mol. The molecule has 0 atom stereocenters. The van der Waals surface area contributed by atoms with Gasteiger partial charge in [-0.2, -0.15) is 0 Å². The van der Waals surface area contributed by atoms with Crippen LogP contribution in [0.15, 0.2) is 41.6 Å². The summed E-state index contributed by atoms with van der Waals surface area (Å²) in [6.45, 7) is 0.231. The topological polar surface area (TPSA) is 89.5 Å². The number of rotatable bonds is 7. The van der Waals surface area contributed by atoms with E-state index in [-0.39, 0.29) is 17.4 Å². The molecule has 0 unspecified atom stereocenters. The molecule has 2 aromatic rings. The highest BCUT2D eigenvalue weighted by atomic mass is 32.2. The van der Waals surface area contributed by atoms with Crippen LogP contribution in [-0.4, -0.2) is 44.3 Å². The van der Waals surface area contributed by atoms with Crippen LogP contribution < -0.4 is 4.90 Å². The molecule has 7 nitrogen and oxygen atoms in total. The molecule has 31 heavy (non-hydrogen) atoms. The van der Waals surface area contributed by atoms with Gasteiger partial charge in [-0.25, -0.2) is 18.4 Å². The van der Waals surface area contributed by atoms with Gasteiger partial charge in [0.2, 0.25) is 5.91 Å². The Morgan fingerprint density at radius 1 is 1.16 bits per heavy atom. The maximum Gasteiger partial charge on any atom is 0.232 e. The number of ether oxygens (including phenoxy) is 1. The van der Waals surface area contributed by atoms with Gasteiger partial charge in [0.1, 0.15) is 6.61 Å². The van der Waals surface area contributed by atoms with Crippen molar-refractivity contribution in [3.05, 3.63) is 42.4 Å². The Balaban J connectivity index is 1.97. The number of sulfone groups is 1. The zero-order chi connectivity index (χ0) is 22.3. The second kappa shape index (κ2) is 10.5. The van der Waals surface area contributed by atoms with Gasteiger partial charge < -0.3 is 4.74 Å². The molecule has 0 saturated heterocycles. The first-order chi connectivity index (χ1) is 14.9. The van der Waals surface area contributed by atoms with E-state index >= 15 is 0 Å². The van der Waals surface area contributed by atoms with Crippen molar-refractivity contribution < 1.29 is 17.9 Å². The molecule has 0 bridgehead atoms. The minimum Gasteiger partial charge on any atom is -0.372 e. The minimum absolute atomic E-state index is 0.116. The number of aromatic nitrogens is 2. The summed E-state index contributed by atoms with van der Waals surface area (Å²) in [6, 6.07) is 6.22. The highest BCUT2D eigenvalue weighted by Gasteiger charge is 2.25. The summed E-state index contributed by atoms with van der Waals surface area (Å²) in [5.41, 5.74) is 0.889. The number of hydrogen-bond donors (Lipinski definition) is 0. The van der Waals surface area contributed by atoms with Crippen molar-refractivity contribution in [1.29, 1.82) is 0 Å². The Hall–Kier alpha value is -2.76. The summed E-state index contributed by atoms with van der Waals surface area (Å²) in [5.74, 6) is 6.55. The summed E-state index contributed by atoms with van der Waals surface area (Å²) >= 11 is 0. The molecule has 1 aromatic carbocycles. The molecule has 1 aliphatic carbocycles. The van der Waals surface area contributed by atoms with E-state index in [1.807, 2.05) is 0 Å². The van der Waals surface area contributed by atoms with Gasteiger partial charge in [0.15, 0.2) is 21.3 Å². The van der Waals surface area contributed by atoms with Gasteiger partial charge in [0.25, 0.3) is 0 Å². The highest BCUT2D eigenvalue weighted by Crippen LogP contribution is 2.31. The number of hydrogen-bond acceptors (Lipinski definition) is 6. The van der Waals surface area contributed by atoms with E-state index in [4.69, 9.17) is 4.74 Å². The third kappa shape index (κ3) is 6.12. The van der Waals surface area contributed by atoms with Gasteiger partial charge in [-0.3, -0.25) is 9.69 Å². The number of amides is 1. The number of carbonyl (C=O) groups excluding carboxylic acids is 1. The van der Waals surface area contributed by atoms with Crippen LogP contribution in [0.2, 0.25) is 0 Å². The second-order valence-electron chi connectivity index (χ2n) is 7.65. The van der Waals surface area contributed by atoms with Crippen molar-refractivity contribution in [3.63, 3.8) is 0 Å². The minimum atomic E-state index is -3.34. The summed E-state index contributed by atoms with van der Waals surface area (Å²) in [4.78, 5) is 23.7. The third-order valence-corrected chi connectivity index (χ3v) is 6.46. The zero-order valence-electron chi connectivity index (χ0n) is 17.9. The number of methoxy groups -OCH3 is 1. The van der Waals surface area contributed by atoms with Crippen LogP contribution in [0, 0.1) is 17.8 Å². The van der Waals surface area contributed by atoms with Crippen molar-refractivity contribution in [1.82, 2.24) is 9.97 Å². The van der Waals surface area contributed by atoms with Crippen LogP contribution in [0.5, 0.6) is 0 Å². The SMILES string of the molecule is COCC#Cc1nccnc1N(C(=O)CCC1CCCC1)c1ccc(S(C)(=O)=O)cc1. The van der Waals surface area contributed by atoms with Crippen LogP contribution in [0.25, 0.3) is 0 Å². The molecule has 1 aliphatic rings. The largest absolute Gasteiger partial charge is 0.372 e. The smallest absolute Gasteiger partial charge is 0.232 e. The molecule has 1 saturated carbocycles. The van der Waals surface area contributed by atoms with E-state index in [9.17, 15) is 13.2 Å². The molecular formula is C23H27N3O4S. The van der Waals surface area contributed by atoms with Crippen LogP contribution in [0.3, 0.4) is 0 Å². The first-order valence-corrected chi connectivity index (χ1v) is 12.2. The number of nitrogens with zero attached hydrogens (tertiary/aromatic N) is 3. The molecule has 0 spiro atoms. The lowest BCUT2D eigenvalue weighted by Gasteiger charge is -2.23. The first kappa shape index (κ1) is 22.9. The van der Waals surface area contributed by atoms with Crippen molar-refractivity contribution >= 4 is 27.2 Å². The van der Waals surface area contributed by atoms with Gasteiger partial charge in [0, 0.05) is 32.2 Å². The van der Waals surface area contributed by atoms with Gasteiger partial charge in [-0.15, -0.1) is 0 Å². The molecule has 1 aromatic heterocycles. The van der Waals surface area contributed by atoms with Crippen LogP contribution in [0.1, 0.15) is 44.2 Å². The lowest BCUT2D eigenvalue weighted by Crippen LogP contribution is -2.28. The summed E-state index contributed by atoms with van der Waals surface area (Å²) in [6.07, 6.45) is 10.1. The predicted octanol–water partition coefficient (Wildman–Crippen LogP) is 3.51. The Morgan fingerprint density at radius 2 is 1.84 bits per heavy atom. The number of anilines is 2. The molecule has 0 radical (unpaired) electrons. The van der Waals surface area contributed by atoms with Crippen molar-refractivity contribution in [2.45, 2.75) is 43.4 Å². The third-order valence-electron chi connectivity index (χ3n) is 5.33. The van der Waals surface area contributed by atoms with Gasteiger partial charge in [-0.05, 0) is 42.5 Å². The summed E-state index contributed by atoms with van der Waals surface area (Å²) in [5, 5.41) is 0. The Bertz CT molecular complexity index is 1070. The molecule has 0 N–H and O–H groups in total. The molecule has 3 rings (SSSR count). The van der Waals surface area contributed by atoms with Gasteiger partial charge in [-0.1, -0.05) is 31.6 Å². The van der Waals surface area contributed by atoms with E-state index in [0.29, 0.717) is 29.5 Å². The summed E-state index contributed by atoms with van der Waals surface area (Å²) in [7, 11) is -1.79. The maximum atomic E-state index is 13.3. The quantitative estimate of drug-likeness (QED) is 0.611. The van der Waals surface area contributed by atoms with Crippen LogP contribution in [0.4, 0.5) is 11.5 Å². The number of carbonyl (C=O) groups is 1. The average molecular weight is 442 g/mol. The molecular weight excluding hydrogens is 414 g/mol. The fraction of sp³-hybridized carbons (Fsp3) is 0.435. The molecule has 1 heterocycles. The normalized spacial score (nSPS) is 14.1. The monoisotopic (exact) mass is 441 g/mol. The van der Waals surface area contributed by atoms with Crippen LogP contribution in [-0.2, 0) is 19.4 Å². The fourth-order valence-corrected chi connectivity index (χ4v) is 4.37. The van der Waals surface area contributed by atoms with Gasteiger partial charge >= 0.3 is 0 Å². The van der Waals surface area contributed by atoms with E-state index < -0.39 is 9.84 Å². The summed E-state index contributed by atoms with van der Waals surface area (Å²) < 4.78 is 28.6. The van der Waals surface area contributed by atoms with E-state index in [1.54, 1.807) is 19.2 Å². The highest BCUT2D eigenvalue weighted by molar-refractivity contribution is 7.90. The molecule has 0 aliphatic heterocycles.